The van der Waals surface area contributed by atoms with Gasteiger partial charge in [0.05, 0.1) is 38.7 Å². The Balaban J connectivity index is 1.05. The zero-order chi connectivity index (χ0) is 40.0. The van der Waals surface area contributed by atoms with Gasteiger partial charge >= 0.3 is 0 Å². The van der Waals surface area contributed by atoms with E-state index in [2.05, 4.69) is 197 Å². The second-order valence-electron chi connectivity index (χ2n) is 15.8. The van der Waals surface area contributed by atoms with Crippen LogP contribution in [0.2, 0.25) is 0 Å². The van der Waals surface area contributed by atoms with E-state index in [4.69, 9.17) is 14.4 Å². The van der Waals surface area contributed by atoms with Crippen molar-refractivity contribution in [1.82, 2.24) is 19.1 Å². The molecule has 0 aliphatic heterocycles. The first-order chi connectivity index (χ1) is 30.2. The van der Waals surface area contributed by atoms with Gasteiger partial charge in [-0.1, -0.05) is 140 Å². The molecule has 0 fully saturated rings. The van der Waals surface area contributed by atoms with Crippen LogP contribution in [-0.4, -0.2) is 19.1 Å². The van der Waals surface area contributed by atoms with Crippen molar-refractivity contribution in [3.8, 4) is 45.1 Å². The maximum Gasteiger partial charge on any atom is 0.235 e. The summed E-state index contributed by atoms with van der Waals surface area (Å²) in [6.45, 7) is 0. The van der Waals surface area contributed by atoms with Gasteiger partial charge in [0.15, 0.2) is 0 Å². The molecule has 4 heterocycles. The maximum absolute atomic E-state index is 6.77. The largest absolute Gasteiger partial charge is 0.455 e. The van der Waals surface area contributed by atoms with Crippen molar-refractivity contribution in [2.75, 3.05) is 0 Å². The van der Waals surface area contributed by atoms with Crippen LogP contribution in [0.4, 0.5) is 0 Å². The minimum Gasteiger partial charge on any atom is -0.455 e. The lowest BCUT2D eigenvalue weighted by atomic mass is 10.00. The number of aromatic nitrogens is 4. The number of nitrogens with zero attached hydrogens (tertiary/aromatic N) is 4. The molecule has 0 amide bonds. The summed E-state index contributed by atoms with van der Waals surface area (Å²) in [5.41, 5.74) is 14.7. The molecular weight excluding hydrogens is 745 g/mol. The molecule has 61 heavy (non-hydrogen) atoms. The Labute approximate surface area is 350 Å². The lowest BCUT2D eigenvalue weighted by Crippen LogP contribution is -2.03. The van der Waals surface area contributed by atoms with Crippen LogP contribution in [-0.2, 0) is 0 Å². The highest BCUT2D eigenvalue weighted by Crippen LogP contribution is 2.43. The molecule has 4 aromatic heterocycles. The van der Waals surface area contributed by atoms with Crippen LogP contribution in [0.15, 0.2) is 211 Å². The molecule has 0 radical (unpaired) electrons. The molecule has 0 atom stereocenters. The van der Waals surface area contributed by atoms with E-state index in [0.717, 1.165) is 88.3 Å². The van der Waals surface area contributed by atoms with E-state index in [0.29, 0.717) is 5.95 Å². The fraction of sp³-hybridized carbons (Fsp3) is 0. The van der Waals surface area contributed by atoms with Gasteiger partial charge in [0, 0.05) is 43.6 Å². The van der Waals surface area contributed by atoms with Gasteiger partial charge in [-0.05, 0) is 89.0 Å². The first kappa shape index (κ1) is 33.7. The predicted octanol–water partition coefficient (Wildman–Crippen LogP) is 14.7. The van der Waals surface area contributed by atoms with E-state index in [1.807, 2.05) is 18.2 Å². The van der Waals surface area contributed by atoms with E-state index in [1.165, 1.54) is 27.4 Å². The Morgan fingerprint density at radius 1 is 0.344 bits per heavy atom. The van der Waals surface area contributed by atoms with Crippen LogP contribution in [0.3, 0.4) is 0 Å². The number of furan rings is 1. The van der Waals surface area contributed by atoms with Gasteiger partial charge in [-0.2, -0.15) is 0 Å². The highest BCUT2D eigenvalue weighted by Gasteiger charge is 2.22. The van der Waals surface area contributed by atoms with E-state index >= 15 is 0 Å². The molecule has 0 N–H and O–H groups in total. The van der Waals surface area contributed by atoms with Gasteiger partial charge in [0.25, 0.3) is 0 Å². The van der Waals surface area contributed by atoms with Crippen LogP contribution in [0.5, 0.6) is 0 Å². The number of para-hydroxylation sites is 4. The number of hydrogen-bond donors (Lipinski definition) is 0. The number of benzene rings is 9. The topological polar surface area (TPSA) is 48.8 Å². The zero-order valence-corrected chi connectivity index (χ0v) is 32.8. The van der Waals surface area contributed by atoms with Gasteiger partial charge < -0.3 is 8.98 Å². The van der Waals surface area contributed by atoms with Gasteiger partial charge in [-0.25, -0.2) is 9.97 Å². The molecule has 13 aromatic rings. The Morgan fingerprint density at radius 3 is 1.72 bits per heavy atom. The first-order valence-electron chi connectivity index (χ1n) is 20.7. The molecule has 0 saturated heterocycles. The van der Waals surface area contributed by atoms with Gasteiger partial charge in [-0.15, -0.1) is 0 Å². The van der Waals surface area contributed by atoms with Crippen LogP contribution >= 0.6 is 0 Å². The Hall–Kier alpha value is -8.28. The monoisotopic (exact) mass is 778 g/mol. The average Bonchev–Trinajstić information content (AvgIpc) is 3.99. The normalized spacial score (nSPS) is 11.9. The lowest BCUT2D eigenvalue weighted by molar-refractivity contribution is 0.673. The third-order valence-corrected chi connectivity index (χ3v) is 12.3. The average molecular weight is 779 g/mol. The Bertz CT molecular complexity index is 3860. The van der Waals surface area contributed by atoms with Gasteiger partial charge in [0.2, 0.25) is 5.95 Å². The minimum absolute atomic E-state index is 0.610. The molecule has 0 saturated carbocycles. The van der Waals surface area contributed by atoms with E-state index < -0.39 is 0 Å². The van der Waals surface area contributed by atoms with Crippen LogP contribution in [0.25, 0.3) is 122 Å². The SMILES string of the molecule is c1ccc(-c2ccc(-c3nc(-n4c5ccc(-c6ccc7c(c6)c6ccccc6n7-c6ccccc6)cc5c5c6oc7ccccc7c6ccc54)nc4ccccc34)cc2)cc1. The van der Waals surface area contributed by atoms with E-state index in [-0.39, 0.29) is 0 Å². The van der Waals surface area contributed by atoms with E-state index in [1.54, 1.807) is 0 Å². The molecule has 0 aliphatic rings. The van der Waals surface area contributed by atoms with Crippen molar-refractivity contribution in [3.63, 3.8) is 0 Å². The van der Waals surface area contributed by atoms with Crippen LogP contribution in [0.1, 0.15) is 0 Å². The molecule has 0 unspecified atom stereocenters. The predicted molar refractivity (Wildman–Crippen MR) is 252 cm³/mol. The first-order valence-corrected chi connectivity index (χ1v) is 20.7. The standard InChI is InChI=1S/C56H34N4O/c1-3-13-35(14-4-1)36-23-25-37(26-24-36)54-44-19-7-10-20-47(44)57-56(58-54)60-50-31-28-39(34-46(50)53-51(60)32-29-43-42-18-9-12-22-52(42)61-55(43)53)38-27-30-49-45(33-38)41-17-8-11-21-48(41)59(49)40-15-5-2-6-16-40/h1-34H. The van der Waals surface area contributed by atoms with Crippen molar-refractivity contribution in [3.05, 3.63) is 206 Å². The highest BCUT2D eigenvalue weighted by atomic mass is 16.3. The third kappa shape index (κ3) is 5.14. The molecule has 284 valence electrons. The summed E-state index contributed by atoms with van der Waals surface area (Å²) in [7, 11) is 0. The molecule has 13 rings (SSSR count). The highest BCUT2D eigenvalue weighted by molar-refractivity contribution is 6.24. The quantitative estimate of drug-likeness (QED) is 0.175. The fourth-order valence-corrected chi connectivity index (χ4v) is 9.52. The molecule has 5 nitrogen and oxygen atoms in total. The number of rotatable bonds is 5. The Kier molecular flexibility index (Phi) is 7.24. The molecular formula is C56H34N4O. The van der Waals surface area contributed by atoms with E-state index in [9.17, 15) is 0 Å². The summed E-state index contributed by atoms with van der Waals surface area (Å²) >= 11 is 0. The summed E-state index contributed by atoms with van der Waals surface area (Å²) in [6.07, 6.45) is 0. The molecule has 5 heteroatoms. The minimum atomic E-state index is 0.610. The summed E-state index contributed by atoms with van der Waals surface area (Å²) in [5, 5.41) is 7.75. The van der Waals surface area contributed by atoms with Crippen LogP contribution < -0.4 is 0 Å². The lowest BCUT2D eigenvalue weighted by Gasteiger charge is -2.12. The van der Waals surface area contributed by atoms with Crippen LogP contribution in [0, 0.1) is 0 Å². The van der Waals surface area contributed by atoms with Crippen molar-refractivity contribution in [2.45, 2.75) is 0 Å². The smallest absolute Gasteiger partial charge is 0.235 e. The van der Waals surface area contributed by atoms with Crippen molar-refractivity contribution < 1.29 is 4.42 Å². The third-order valence-electron chi connectivity index (χ3n) is 12.3. The number of fused-ring (bicyclic) bond motifs is 11. The Morgan fingerprint density at radius 2 is 0.918 bits per heavy atom. The van der Waals surface area contributed by atoms with Gasteiger partial charge in [0.1, 0.15) is 11.2 Å². The zero-order valence-electron chi connectivity index (χ0n) is 32.8. The summed E-state index contributed by atoms with van der Waals surface area (Å²) in [5.74, 6) is 0.610. The second kappa shape index (κ2) is 13.1. The molecule has 0 spiro atoms. The molecule has 0 bridgehead atoms. The summed E-state index contributed by atoms with van der Waals surface area (Å²) in [4.78, 5) is 10.7. The fourth-order valence-electron chi connectivity index (χ4n) is 9.52. The van der Waals surface area contributed by atoms with Crippen molar-refractivity contribution in [1.29, 1.82) is 0 Å². The summed E-state index contributed by atoms with van der Waals surface area (Å²) < 4.78 is 11.3. The molecule has 0 aliphatic carbocycles. The van der Waals surface area contributed by atoms with Crippen molar-refractivity contribution in [2.24, 2.45) is 0 Å². The van der Waals surface area contributed by atoms with Crippen molar-refractivity contribution >= 4 is 76.5 Å². The summed E-state index contributed by atoms with van der Waals surface area (Å²) in [6, 6.07) is 73.1. The van der Waals surface area contributed by atoms with Gasteiger partial charge in [-0.3, -0.25) is 4.57 Å². The number of hydrogen-bond acceptors (Lipinski definition) is 3. The maximum atomic E-state index is 6.77. The molecule has 9 aromatic carbocycles. The second-order valence-corrected chi connectivity index (χ2v) is 15.8.